The lowest BCUT2D eigenvalue weighted by Gasteiger charge is -2.39. The zero-order chi connectivity index (χ0) is 17.1. The third-order valence-electron chi connectivity index (χ3n) is 5.19. The highest BCUT2D eigenvalue weighted by molar-refractivity contribution is 7.09. The van der Waals surface area contributed by atoms with Crippen molar-refractivity contribution in [2.75, 3.05) is 13.1 Å². The van der Waals surface area contributed by atoms with Gasteiger partial charge in [0, 0.05) is 43.5 Å². The molecule has 2 atom stereocenters. The number of nitrogens with zero attached hydrogens (tertiary/aromatic N) is 3. The van der Waals surface area contributed by atoms with Gasteiger partial charge in [-0.2, -0.15) is 0 Å². The van der Waals surface area contributed by atoms with Gasteiger partial charge in [0.15, 0.2) is 0 Å². The third-order valence-corrected chi connectivity index (χ3v) is 6.25. The van der Waals surface area contributed by atoms with E-state index < -0.39 is 0 Å². The van der Waals surface area contributed by atoms with Crippen molar-refractivity contribution < 1.29 is 9.59 Å². The van der Waals surface area contributed by atoms with E-state index in [0.29, 0.717) is 6.42 Å². The maximum Gasteiger partial charge on any atom is 0.225 e. The van der Waals surface area contributed by atoms with E-state index in [-0.39, 0.29) is 23.9 Å². The lowest BCUT2D eigenvalue weighted by molar-refractivity contribution is -0.139. The smallest absolute Gasteiger partial charge is 0.225 e. The van der Waals surface area contributed by atoms with E-state index in [1.807, 2.05) is 16.7 Å². The Balaban J connectivity index is 1.70. The van der Waals surface area contributed by atoms with Gasteiger partial charge in [-0.15, -0.1) is 11.3 Å². The molecule has 0 saturated carbocycles. The molecular weight excluding hydrogens is 322 g/mol. The van der Waals surface area contributed by atoms with Gasteiger partial charge in [-0.05, 0) is 45.4 Å². The summed E-state index contributed by atoms with van der Waals surface area (Å²) in [5.41, 5.74) is 1.03. The van der Waals surface area contributed by atoms with Crippen LogP contribution in [0.2, 0.25) is 0 Å². The van der Waals surface area contributed by atoms with Crippen LogP contribution >= 0.6 is 11.3 Å². The molecule has 5 nitrogen and oxygen atoms in total. The number of thiazole rings is 1. The van der Waals surface area contributed by atoms with Crippen LogP contribution in [-0.4, -0.2) is 45.7 Å². The van der Waals surface area contributed by atoms with Crippen LogP contribution in [-0.2, 0) is 9.59 Å². The lowest BCUT2D eigenvalue weighted by atomic mass is 9.96. The minimum Gasteiger partial charge on any atom is -0.339 e. The first-order valence-electron chi connectivity index (χ1n) is 9.05. The Morgan fingerprint density at radius 2 is 1.88 bits per heavy atom. The average molecular weight is 350 g/mol. The van der Waals surface area contributed by atoms with Crippen molar-refractivity contribution in [3.63, 3.8) is 0 Å². The van der Waals surface area contributed by atoms with E-state index in [4.69, 9.17) is 0 Å². The molecule has 132 valence electrons. The second-order valence-electron chi connectivity index (χ2n) is 6.99. The minimum absolute atomic E-state index is 0.0735. The number of aryl methyl sites for hydroxylation is 1. The van der Waals surface area contributed by atoms with Gasteiger partial charge < -0.3 is 9.80 Å². The number of likely N-dealkylation sites (tertiary alicyclic amines) is 2. The molecule has 0 spiro atoms. The van der Waals surface area contributed by atoms with Gasteiger partial charge in [0.1, 0.15) is 5.01 Å². The van der Waals surface area contributed by atoms with Crippen molar-refractivity contribution >= 4 is 23.2 Å². The van der Waals surface area contributed by atoms with Crippen LogP contribution in [0.5, 0.6) is 0 Å². The van der Waals surface area contributed by atoms with Crippen LogP contribution in [0.25, 0.3) is 0 Å². The molecule has 24 heavy (non-hydrogen) atoms. The second kappa shape index (κ2) is 7.64. The molecule has 2 fully saturated rings. The fourth-order valence-corrected chi connectivity index (χ4v) is 4.90. The second-order valence-corrected chi connectivity index (χ2v) is 7.88. The molecule has 1 aromatic heterocycles. The fraction of sp³-hybridized carbons (Fsp3) is 0.722. The first-order chi connectivity index (χ1) is 11.6. The normalized spacial score (nSPS) is 24.9. The Kier molecular flexibility index (Phi) is 5.54. The van der Waals surface area contributed by atoms with Gasteiger partial charge in [-0.1, -0.05) is 0 Å². The Bertz CT molecular complexity index is 601. The Hall–Kier alpha value is -1.43. The Labute approximate surface area is 148 Å². The Morgan fingerprint density at radius 1 is 1.17 bits per heavy atom. The van der Waals surface area contributed by atoms with Crippen molar-refractivity contribution in [3.05, 3.63) is 16.1 Å². The fourth-order valence-electron chi connectivity index (χ4n) is 3.96. The SMILES string of the molecule is CC(=O)N1CCCCC1CC(=O)N1CCCCC1c1nc(C)cs1. The van der Waals surface area contributed by atoms with E-state index in [9.17, 15) is 9.59 Å². The van der Waals surface area contributed by atoms with Crippen molar-refractivity contribution in [2.45, 2.75) is 70.9 Å². The summed E-state index contributed by atoms with van der Waals surface area (Å²) in [6.45, 7) is 5.23. The van der Waals surface area contributed by atoms with E-state index in [0.717, 1.165) is 62.3 Å². The summed E-state index contributed by atoms with van der Waals surface area (Å²) < 4.78 is 0. The molecule has 0 N–H and O–H groups in total. The van der Waals surface area contributed by atoms with Crippen LogP contribution in [0.1, 0.15) is 68.6 Å². The predicted octanol–water partition coefficient (Wildman–Crippen LogP) is 3.30. The number of amides is 2. The largest absolute Gasteiger partial charge is 0.339 e. The number of carbonyl (C=O) groups excluding carboxylic acids is 2. The molecule has 2 aliphatic heterocycles. The quantitative estimate of drug-likeness (QED) is 0.841. The number of hydrogen-bond acceptors (Lipinski definition) is 4. The number of rotatable bonds is 3. The lowest BCUT2D eigenvalue weighted by Crippen LogP contribution is -2.47. The van der Waals surface area contributed by atoms with Crippen LogP contribution in [0.4, 0.5) is 0 Å². The van der Waals surface area contributed by atoms with E-state index >= 15 is 0 Å². The van der Waals surface area contributed by atoms with Gasteiger partial charge in [0.2, 0.25) is 11.8 Å². The number of hydrogen-bond donors (Lipinski definition) is 0. The van der Waals surface area contributed by atoms with Gasteiger partial charge in [0.05, 0.1) is 6.04 Å². The van der Waals surface area contributed by atoms with Crippen LogP contribution in [0, 0.1) is 6.92 Å². The van der Waals surface area contributed by atoms with Gasteiger partial charge in [-0.25, -0.2) is 4.98 Å². The van der Waals surface area contributed by atoms with E-state index in [1.54, 1.807) is 18.3 Å². The minimum atomic E-state index is 0.0735. The predicted molar refractivity (Wildman–Crippen MR) is 94.8 cm³/mol. The molecule has 3 heterocycles. The molecule has 0 aliphatic carbocycles. The van der Waals surface area contributed by atoms with Gasteiger partial charge in [-0.3, -0.25) is 9.59 Å². The maximum atomic E-state index is 13.0. The first-order valence-corrected chi connectivity index (χ1v) is 9.93. The highest BCUT2D eigenvalue weighted by Crippen LogP contribution is 2.34. The average Bonchev–Trinajstić information content (AvgIpc) is 3.01. The monoisotopic (exact) mass is 349 g/mol. The molecule has 2 amide bonds. The molecule has 0 aromatic carbocycles. The summed E-state index contributed by atoms with van der Waals surface area (Å²) >= 11 is 1.66. The molecule has 3 rings (SSSR count). The maximum absolute atomic E-state index is 13.0. The van der Waals surface area contributed by atoms with Crippen molar-refractivity contribution in [1.82, 2.24) is 14.8 Å². The Morgan fingerprint density at radius 3 is 2.54 bits per heavy atom. The van der Waals surface area contributed by atoms with Crippen molar-refractivity contribution in [2.24, 2.45) is 0 Å². The zero-order valence-corrected chi connectivity index (χ0v) is 15.5. The van der Waals surface area contributed by atoms with Crippen molar-refractivity contribution in [3.8, 4) is 0 Å². The molecule has 6 heteroatoms. The number of aromatic nitrogens is 1. The van der Waals surface area contributed by atoms with Crippen molar-refractivity contribution in [1.29, 1.82) is 0 Å². The van der Waals surface area contributed by atoms with E-state index in [2.05, 4.69) is 10.4 Å². The van der Waals surface area contributed by atoms with Crippen LogP contribution < -0.4 is 0 Å². The molecule has 2 unspecified atom stereocenters. The summed E-state index contributed by atoms with van der Waals surface area (Å²) in [6.07, 6.45) is 6.77. The topological polar surface area (TPSA) is 53.5 Å². The van der Waals surface area contributed by atoms with Crippen LogP contribution in [0.3, 0.4) is 0 Å². The molecule has 0 bridgehead atoms. The molecule has 2 aliphatic rings. The number of carbonyl (C=O) groups is 2. The first kappa shape index (κ1) is 17.4. The summed E-state index contributed by atoms with van der Waals surface area (Å²) in [4.78, 5) is 33.4. The molecular formula is C18H27N3O2S. The number of piperidine rings is 2. The zero-order valence-electron chi connectivity index (χ0n) is 14.7. The summed E-state index contributed by atoms with van der Waals surface area (Å²) in [5, 5.41) is 3.12. The van der Waals surface area contributed by atoms with Crippen LogP contribution in [0.15, 0.2) is 5.38 Å². The third kappa shape index (κ3) is 3.79. The van der Waals surface area contributed by atoms with Gasteiger partial charge in [0.25, 0.3) is 0 Å². The summed E-state index contributed by atoms with van der Waals surface area (Å²) in [6, 6.07) is 0.198. The van der Waals surface area contributed by atoms with E-state index in [1.165, 1.54) is 0 Å². The summed E-state index contributed by atoms with van der Waals surface area (Å²) in [5.74, 6) is 0.281. The summed E-state index contributed by atoms with van der Waals surface area (Å²) in [7, 11) is 0. The highest BCUT2D eigenvalue weighted by Gasteiger charge is 2.33. The molecule has 1 aromatic rings. The molecule has 0 radical (unpaired) electrons. The molecule has 2 saturated heterocycles. The standard InChI is InChI=1S/C18H27N3O2S/c1-13-12-24-18(19-13)16-8-4-6-10-21(16)17(23)11-15-7-3-5-9-20(15)14(2)22/h12,15-16H,3-11H2,1-2H3. The highest BCUT2D eigenvalue weighted by atomic mass is 32.1. The van der Waals surface area contributed by atoms with Gasteiger partial charge >= 0.3 is 0 Å².